The number of hydrogen-bond donors (Lipinski definition) is 0. The molecule has 2 nitrogen and oxygen atoms in total. The quantitative estimate of drug-likeness (QED) is 0.155. The highest BCUT2D eigenvalue weighted by Gasteiger charge is 2.38. The van der Waals surface area contributed by atoms with Gasteiger partial charge in [-0.15, -0.1) is 0 Å². The fourth-order valence-corrected chi connectivity index (χ4v) is 12.5. The van der Waals surface area contributed by atoms with E-state index in [4.69, 9.17) is 9.97 Å². The van der Waals surface area contributed by atoms with Crippen LogP contribution in [0.3, 0.4) is 0 Å². The molecule has 340 valence electrons. The molecule has 0 spiro atoms. The molecule has 1 heterocycles. The van der Waals surface area contributed by atoms with Crippen LogP contribution in [0.5, 0.6) is 0 Å². The SMILES string of the molecule is CC1(C)c2ccccc2-c2c(-c3cccc(-c4cccc(-c5ccc6c(c5)c5cc(-c7cccc(-c8cccc(-c9cccc%10c9-c9ccccc9C%10(C)C)c8)c7)ccc5c5nccnc65)c4)c3)cccc21. The summed E-state index contributed by atoms with van der Waals surface area (Å²) < 4.78 is 0. The molecule has 72 heavy (non-hydrogen) atoms. The van der Waals surface area contributed by atoms with Gasteiger partial charge in [0.1, 0.15) is 0 Å². The number of fused-ring (bicyclic) bond motifs is 12. The molecule has 0 amide bonds. The van der Waals surface area contributed by atoms with Gasteiger partial charge < -0.3 is 0 Å². The van der Waals surface area contributed by atoms with Crippen LogP contribution in [-0.2, 0) is 10.8 Å². The Morgan fingerprint density at radius 3 is 0.958 bits per heavy atom. The smallest absolute Gasteiger partial charge is 0.0971 e. The standard InChI is InChI=1S/C70H50N2/c1-69(2)61-27-7-5-23-57(61)65-53(25-13-29-63(65)69)51-21-11-19-47(39-51)43-15-9-17-45(37-43)49-31-33-55-59(41-49)60-42-50(32-34-56(60)68-67(55)71-35-36-72-68)46-18-10-16-44(38-46)48-20-12-22-52(40-48)54-26-14-30-64-66(54)58-24-6-8-28-62(58)70(64,3)4/h5-42H,1-4H3. The lowest BCUT2D eigenvalue weighted by molar-refractivity contribution is 0.660. The van der Waals surface area contributed by atoms with Crippen molar-refractivity contribution in [3.05, 3.63) is 253 Å². The molecule has 12 aromatic rings. The van der Waals surface area contributed by atoms with E-state index in [1.807, 2.05) is 12.4 Å². The van der Waals surface area contributed by atoms with E-state index in [0.29, 0.717) is 0 Å². The molecule has 0 saturated carbocycles. The summed E-state index contributed by atoms with van der Waals surface area (Å²) in [5.74, 6) is 0. The van der Waals surface area contributed by atoms with Gasteiger partial charge in [0.2, 0.25) is 0 Å². The first-order valence-corrected chi connectivity index (χ1v) is 25.2. The van der Waals surface area contributed by atoms with Gasteiger partial charge in [0.25, 0.3) is 0 Å². The van der Waals surface area contributed by atoms with E-state index in [1.165, 1.54) is 100 Å². The first-order valence-electron chi connectivity index (χ1n) is 25.2. The third-order valence-corrected chi connectivity index (χ3v) is 16.2. The van der Waals surface area contributed by atoms with E-state index in [9.17, 15) is 0 Å². The van der Waals surface area contributed by atoms with Crippen LogP contribution in [0, 0.1) is 0 Å². The van der Waals surface area contributed by atoms with Crippen molar-refractivity contribution in [2.75, 3.05) is 0 Å². The Balaban J connectivity index is 0.839. The number of nitrogens with zero attached hydrogens (tertiary/aromatic N) is 2. The Morgan fingerprint density at radius 2 is 0.556 bits per heavy atom. The lowest BCUT2D eigenvalue weighted by Gasteiger charge is -2.21. The second-order valence-electron chi connectivity index (χ2n) is 20.9. The lowest BCUT2D eigenvalue weighted by atomic mass is 9.82. The van der Waals surface area contributed by atoms with E-state index in [-0.39, 0.29) is 10.8 Å². The molecule has 0 radical (unpaired) electrons. The minimum Gasteiger partial charge on any atom is -0.252 e. The Bertz CT molecular complexity index is 3950. The van der Waals surface area contributed by atoms with Crippen LogP contribution >= 0.6 is 0 Å². The van der Waals surface area contributed by atoms with Crippen LogP contribution in [0.1, 0.15) is 49.9 Å². The molecule has 1 aromatic heterocycles. The predicted molar refractivity (Wildman–Crippen MR) is 302 cm³/mol. The summed E-state index contributed by atoms with van der Waals surface area (Å²) in [6.45, 7) is 9.40. The molecule has 0 atom stereocenters. The van der Waals surface area contributed by atoms with Crippen LogP contribution in [0.15, 0.2) is 231 Å². The molecule has 2 heteroatoms. The van der Waals surface area contributed by atoms with Gasteiger partial charge in [-0.2, -0.15) is 0 Å². The molecule has 0 aliphatic heterocycles. The second-order valence-corrected chi connectivity index (χ2v) is 20.9. The van der Waals surface area contributed by atoms with Crippen molar-refractivity contribution in [1.82, 2.24) is 9.97 Å². The van der Waals surface area contributed by atoms with Crippen LogP contribution < -0.4 is 0 Å². The minimum absolute atomic E-state index is 0.0474. The molecule has 0 N–H and O–H groups in total. The maximum Gasteiger partial charge on any atom is 0.0971 e. The summed E-state index contributed by atoms with van der Waals surface area (Å²) in [7, 11) is 0. The molecule has 0 saturated heterocycles. The maximum absolute atomic E-state index is 4.92. The van der Waals surface area contributed by atoms with E-state index < -0.39 is 0 Å². The van der Waals surface area contributed by atoms with Gasteiger partial charge in [0.15, 0.2) is 0 Å². The van der Waals surface area contributed by atoms with Crippen LogP contribution in [0.25, 0.3) is 122 Å². The van der Waals surface area contributed by atoms with Gasteiger partial charge in [0.05, 0.1) is 11.0 Å². The lowest BCUT2D eigenvalue weighted by Crippen LogP contribution is -2.14. The van der Waals surface area contributed by atoms with Gasteiger partial charge >= 0.3 is 0 Å². The first kappa shape index (κ1) is 42.2. The van der Waals surface area contributed by atoms with Crippen LogP contribution in [0.2, 0.25) is 0 Å². The van der Waals surface area contributed by atoms with Crippen molar-refractivity contribution in [3.8, 4) is 89.0 Å². The van der Waals surface area contributed by atoms with Gasteiger partial charge in [-0.3, -0.25) is 9.97 Å². The van der Waals surface area contributed by atoms with Crippen molar-refractivity contribution < 1.29 is 0 Å². The maximum atomic E-state index is 4.92. The fourth-order valence-electron chi connectivity index (χ4n) is 12.5. The Hall–Kier alpha value is -8.72. The molecule has 11 aromatic carbocycles. The highest BCUT2D eigenvalue weighted by atomic mass is 14.8. The summed E-state index contributed by atoms with van der Waals surface area (Å²) in [6, 6.07) is 81.3. The zero-order valence-corrected chi connectivity index (χ0v) is 40.8. The average molecular weight is 919 g/mol. The molecule has 0 bridgehead atoms. The normalized spacial score (nSPS) is 13.8. The van der Waals surface area contributed by atoms with E-state index in [1.54, 1.807) is 0 Å². The summed E-state index contributed by atoms with van der Waals surface area (Å²) in [4.78, 5) is 9.84. The number of hydrogen-bond acceptors (Lipinski definition) is 2. The largest absolute Gasteiger partial charge is 0.252 e. The number of aromatic nitrogens is 2. The molecular weight excluding hydrogens is 869 g/mol. The van der Waals surface area contributed by atoms with E-state index in [2.05, 4.69) is 246 Å². The fraction of sp³-hybridized carbons (Fsp3) is 0.0857. The van der Waals surface area contributed by atoms with Crippen LogP contribution in [0.4, 0.5) is 0 Å². The minimum atomic E-state index is -0.0474. The Kier molecular flexibility index (Phi) is 9.32. The van der Waals surface area contributed by atoms with Gasteiger partial charge in [-0.05, 0) is 158 Å². The topological polar surface area (TPSA) is 25.8 Å². The molecular formula is C70H50N2. The molecule has 2 aliphatic carbocycles. The first-order chi connectivity index (χ1) is 35.2. The van der Waals surface area contributed by atoms with Crippen molar-refractivity contribution in [3.63, 3.8) is 0 Å². The van der Waals surface area contributed by atoms with Crippen LogP contribution in [-0.4, -0.2) is 9.97 Å². The highest BCUT2D eigenvalue weighted by molar-refractivity contribution is 6.24. The number of benzene rings is 11. The molecule has 2 aliphatic rings. The summed E-state index contributed by atoms with van der Waals surface area (Å²) in [6.07, 6.45) is 3.62. The van der Waals surface area contributed by atoms with Crippen molar-refractivity contribution in [2.45, 2.75) is 38.5 Å². The van der Waals surface area contributed by atoms with Gasteiger partial charge in [-0.25, -0.2) is 0 Å². The summed E-state index contributed by atoms with van der Waals surface area (Å²) in [5.41, 5.74) is 27.1. The Labute approximate surface area is 421 Å². The monoisotopic (exact) mass is 918 g/mol. The predicted octanol–water partition coefficient (Wildman–Crippen LogP) is 18.6. The third kappa shape index (κ3) is 6.42. The Morgan fingerprint density at radius 1 is 0.250 bits per heavy atom. The summed E-state index contributed by atoms with van der Waals surface area (Å²) >= 11 is 0. The summed E-state index contributed by atoms with van der Waals surface area (Å²) in [5, 5.41) is 4.52. The van der Waals surface area contributed by atoms with E-state index >= 15 is 0 Å². The van der Waals surface area contributed by atoms with Gasteiger partial charge in [0, 0.05) is 34.0 Å². The average Bonchev–Trinajstić information content (AvgIpc) is 3.82. The zero-order valence-electron chi connectivity index (χ0n) is 40.8. The molecule has 0 unspecified atom stereocenters. The highest BCUT2D eigenvalue weighted by Crippen LogP contribution is 2.54. The van der Waals surface area contributed by atoms with Crippen molar-refractivity contribution in [2.24, 2.45) is 0 Å². The van der Waals surface area contributed by atoms with Gasteiger partial charge in [-0.1, -0.05) is 210 Å². The zero-order chi connectivity index (χ0) is 48.3. The molecule has 0 fully saturated rings. The van der Waals surface area contributed by atoms with E-state index in [0.717, 1.165) is 43.7 Å². The third-order valence-electron chi connectivity index (χ3n) is 16.2. The van der Waals surface area contributed by atoms with Crippen molar-refractivity contribution >= 4 is 32.6 Å². The number of rotatable bonds is 6. The molecule has 14 rings (SSSR count). The van der Waals surface area contributed by atoms with Crippen molar-refractivity contribution in [1.29, 1.82) is 0 Å². The second kappa shape index (κ2) is 15.9.